The largest absolute Gasteiger partial charge is 0.345 e. The van der Waals surface area contributed by atoms with E-state index >= 15 is 0 Å². The second kappa shape index (κ2) is 7.62. The van der Waals surface area contributed by atoms with Gasteiger partial charge in [-0.15, -0.1) is 0 Å². The van der Waals surface area contributed by atoms with Crippen molar-refractivity contribution in [3.8, 4) is 0 Å². The van der Waals surface area contributed by atoms with Crippen molar-refractivity contribution in [3.05, 3.63) is 47.7 Å². The van der Waals surface area contributed by atoms with Crippen LogP contribution in [0.3, 0.4) is 0 Å². The molecule has 0 spiro atoms. The monoisotopic (exact) mass is 287 g/mol. The Bertz CT molecular complexity index is 536. The first-order chi connectivity index (χ1) is 9.81. The molecule has 21 heavy (non-hydrogen) atoms. The Morgan fingerprint density at radius 1 is 1.48 bits per heavy atom. The van der Waals surface area contributed by atoms with Crippen LogP contribution in [0.25, 0.3) is 0 Å². The molecule has 1 unspecified atom stereocenters. The molecule has 1 heterocycles. The minimum Gasteiger partial charge on any atom is -0.345 e. The van der Waals surface area contributed by atoms with Gasteiger partial charge < -0.3 is 10.2 Å². The Balaban J connectivity index is 2.96. The molecule has 4 nitrogen and oxygen atoms in total. The number of aliphatic imine (C=N–C) groups is 1. The van der Waals surface area contributed by atoms with Gasteiger partial charge in [0.2, 0.25) is 5.91 Å². The number of nitrogens with zero attached hydrogens (tertiary/aromatic N) is 2. The zero-order chi connectivity index (χ0) is 16.0. The molecule has 0 radical (unpaired) electrons. The Morgan fingerprint density at radius 2 is 2.14 bits per heavy atom. The van der Waals surface area contributed by atoms with Crippen molar-refractivity contribution in [3.63, 3.8) is 0 Å². The molecule has 0 fully saturated rings. The van der Waals surface area contributed by atoms with Crippen molar-refractivity contribution in [1.82, 2.24) is 10.2 Å². The average Bonchev–Trinajstić information content (AvgIpc) is 2.48. The highest BCUT2D eigenvalue weighted by Gasteiger charge is 2.10. The Hall–Kier alpha value is -2.10. The van der Waals surface area contributed by atoms with Gasteiger partial charge in [0.1, 0.15) is 0 Å². The zero-order valence-corrected chi connectivity index (χ0v) is 13.6. The van der Waals surface area contributed by atoms with Crippen molar-refractivity contribution >= 4 is 11.7 Å². The number of amidine groups is 1. The lowest BCUT2D eigenvalue weighted by molar-refractivity contribution is -0.124. The average molecular weight is 287 g/mol. The van der Waals surface area contributed by atoms with E-state index in [4.69, 9.17) is 0 Å². The van der Waals surface area contributed by atoms with Gasteiger partial charge in [0.15, 0.2) is 0 Å². The normalized spacial score (nSPS) is 21.8. The predicted molar refractivity (Wildman–Crippen MR) is 89.1 cm³/mol. The van der Waals surface area contributed by atoms with Crippen LogP contribution in [0.2, 0.25) is 0 Å². The Kier molecular flexibility index (Phi) is 6.15. The Morgan fingerprint density at radius 3 is 2.76 bits per heavy atom. The molecule has 4 heteroatoms. The van der Waals surface area contributed by atoms with E-state index in [0.717, 1.165) is 22.7 Å². The van der Waals surface area contributed by atoms with Gasteiger partial charge in [-0.3, -0.25) is 9.79 Å². The summed E-state index contributed by atoms with van der Waals surface area (Å²) in [5.41, 5.74) is 2.68. The van der Waals surface area contributed by atoms with Crippen LogP contribution in [0.1, 0.15) is 20.8 Å². The van der Waals surface area contributed by atoms with E-state index in [9.17, 15) is 4.79 Å². The minimum absolute atomic E-state index is 0.0365. The highest BCUT2D eigenvalue weighted by atomic mass is 16.2. The summed E-state index contributed by atoms with van der Waals surface area (Å²) < 4.78 is 0. The number of carbonyl (C=O) groups is 1. The van der Waals surface area contributed by atoms with Gasteiger partial charge >= 0.3 is 0 Å². The van der Waals surface area contributed by atoms with Gasteiger partial charge in [-0.1, -0.05) is 31.7 Å². The third kappa shape index (κ3) is 5.42. The van der Waals surface area contributed by atoms with E-state index < -0.39 is 0 Å². The van der Waals surface area contributed by atoms with Gasteiger partial charge in [-0.2, -0.15) is 0 Å². The van der Waals surface area contributed by atoms with Crippen molar-refractivity contribution in [2.45, 2.75) is 20.8 Å². The highest BCUT2D eigenvalue weighted by Crippen LogP contribution is 2.17. The molecule has 1 amide bonds. The smallest absolute Gasteiger partial charge is 0.248 e. The molecule has 1 N–H and O–H groups in total. The minimum atomic E-state index is 0.0365. The van der Waals surface area contributed by atoms with Crippen LogP contribution in [0.4, 0.5) is 0 Å². The first kappa shape index (κ1) is 17.0. The van der Waals surface area contributed by atoms with Crippen molar-refractivity contribution < 1.29 is 4.79 Å². The summed E-state index contributed by atoms with van der Waals surface area (Å²) in [6.45, 7) is 10.4. The summed E-state index contributed by atoms with van der Waals surface area (Å²) in [6.07, 6.45) is 8.03. The molecule has 1 aliphatic rings. The van der Waals surface area contributed by atoms with E-state index in [1.165, 1.54) is 0 Å². The quantitative estimate of drug-likeness (QED) is 0.811. The molecule has 1 aliphatic heterocycles. The lowest BCUT2D eigenvalue weighted by atomic mass is 9.97. The maximum absolute atomic E-state index is 11.9. The van der Waals surface area contributed by atoms with Gasteiger partial charge in [-0.05, 0) is 31.4 Å². The third-order valence-electron chi connectivity index (χ3n) is 3.24. The molecule has 0 aromatic carbocycles. The summed E-state index contributed by atoms with van der Waals surface area (Å²) >= 11 is 0. The van der Waals surface area contributed by atoms with Crippen LogP contribution in [-0.4, -0.2) is 37.3 Å². The molecule has 0 saturated heterocycles. The second-order valence-electron chi connectivity index (χ2n) is 5.45. The molecular weight excluding hydrogens is 262 g/mol. The number of carbonyl (C=O) groups excluding carboxylic acids is 1. The van der Waals surface area contributed by atoms with Gasteiger partial charge in [0.05, 0.1) is 12.4 Å². The molecule has 0 aromatic heterocycles. The van der Waals surface area contributed by atoms with Crippen LogP contribution in [0, 0.1) is 5.92 Å². The molecule has 1 rings (SSSR count). The van der Waals surface area contributed by atoms with Crippen LogP contribution in [0.5, 0.6) is 0 Å². The summed E-state index contributed by atoms with van der Waals surface area (Å²) in [4.78, 5) is 17.9. The van der Waals surface area contributed by atoms with Crippen LogP contribution in [0.15, 0.2) is 52.7 Å². The first-order valence-electron chi connectivity index (χ1n) is 7.06. The maximum Gasteiger partial charge on any atom is 0.248 e. The number of rotatable bonds is 3. The second-order valence-corrected chi connectivity index (χ2v) is 5.45. The van der Waals surface area contributed by atoms with Crippen LogP contribution >= 0.6 is 0 Å². The number of hydrogen-bond acceptors (Lipinski definition) is 3. The van der Waals surface area contributed by atoms with Gasteiger partial charge in [0, 0.05) is 25.4 Å². The molecular formula is C17H25N3O. The molecule has 0 aliphatic carbocycles. The van der Waals surface area contributed by atoms with E-state index in [1.54, 1.807) is 19.0 Å². The SMILES string of the molecule is C=C1/C=C\C(C(C)/C=C(/C)C(=O)N(C)C)=C/CN=C(C)N1. The van der Waals surface area contributed by atoms with Gasteiger partial charge in [0.25, 0.3) is 0 Å². The fraction of sp³-hybridized carbons (Fsp3) is 0.412. The lowest BCUT2D eigenvalue weighted by Crippen LogP contribution is -2.22. The van der Waals surface area contributed by atoms with Crippen LogP contribution < -0.4 is 5.32 Å². The first-order valence-corrected chi connectivity index (χ1v) is 7.06. The van der Waals surface area contributed by atoms with E-state index in [1.807, 2.05) is 32.1 Å². The lowest BCUT2D eigenvalue weighted by Gasteiger charge is -2.13. The molecule has 0 saturated carbocycles. The summed E-state index contributed by atoms with van der Waals surface area (Å²) in [6, 6.07) is 0. The maximum atomic E-state index is 11.9. The predicted octanol–water partition coefficient (Wildman–Crippen LogP) is 2.67. The fourth-order valence-corrected chi connectivity index (χ4v) is 2.10. The topological polar surface area (TPSA) is 44.7 Å². The summed E-state index contributed by atoms with van der Waals surface area (Å²) in [5.74, 6) is 1.03. The van der Waals surface area contributed by atoms with E-state index in [-0.39, 0.29) is 11.8 Å². The van der Waals surface area contributed by atoms with E-state index in [2.05, 4.69) is 29.9 Å². The standard InChI is InChI=1S/C17H25N3O/c1-12(11-13(2)17(21)20(5)6)16-8-7-14(3)19-15(4)18-10-9-16/h7-9,11-12H,3,10H2,1-2,4-6H3,(H,18,19)/b8-7-,13-11-,16-9+. The third-order valence-corrected chi connectivity index (χ3v) is 3.24. The molecule has 0 aromatic rings. The summed E-state index contributed by atoms with van der Waals surface area (Å²) in [5, 5.41) is 3.11. The number of nitrogens with one attached hydrogen (secondary N) is 1. The van der Waals surface area contributed by atoms with E-state index in [0.29, 0.717) is 6.54 Å². The number of allylic oxidation sites excluding steroid dienone is 4. The van der Waals surface area contributed by atoms with Gasteiger partial charge in [-0.25, -0.2) is 0 Å². The zero-order valence-electron chi connectivity index (χ0n) is 13.6. The Labute approximate surface area is 127 Å². The molecule has 0 bridgehead atoms. The number of likely N-dealkylation sites (N-methyl/N-ethyl adjacent to an activating group) is 1. The number of hydrogen-bond donors (Lipinski definition) is 1. The molecule has 1 atom stereocenters. The fourth-order valence-electron chi connectivity index (χ4n) is 2.10. The highest BCUT2D eigenvalue weighted by molar-refractivity contribution is 5.92. The van der Waals surface area contributed by atoms with Crippen LogP contribution in [-0.2, 0) is 4.79 Å². The van der Waals surface area contributed by atoms with Crippen molar-refractivity contribution in [2.75, 3.05) is 20.6 Å². The van der Waals surface area contributed by atoms with Crippen molar-refractivity contribution in [1.29, 1.82) is 0 Å². The van der Waals surface area contributed by atoms with Crippen molar-refractivity contribution in [2.24, 2.45) is 10.9 Å². The molecule has 114 valence electrons. The number of amides is 1. The summed E-state index contributed by atoms with van der Waals surface area (Å²) in [7, 11) is 3.52.